The minimum Gasteiger partial charge on any atom is -0.488 e. The monoisotopic (exact) mass is 365 g/mol. The van der Waals surface area contributed by atoms with Gasteiger partial charge in [-0.1, -0.05) is 39.7 Å². The van der Waals surface area contributed by atoms with Crippen LogP contribution >= 0.6 is 27.5 Å². The van der Waals surface area contributed by atoms with Crippen LogP contribution in [0.3, 0.4) is 0 Å². The van der Waals surface area contributed by atoms with Gasteiger partial charge in [0.15, 0.2) is 0 Å². The van der Waals surface area contributed by atoms with Gasteiger partial charge in [-0.2, -0.15) is 0 Å². The van der Waals surface area contributed by atoms with Crippen molar-refractivity contribution in [2.75, 3.05) is 13.1 Å². The van der Waals surface area contributed by atoms with Gasteiger partial charge in [-0.15, -0.1) is 0 Å². The lowest BCUT2D eigenvalue weighted by molar-refractivity contribution is 0.228. The molecule has 0 aliphatic carbocycles. The standard InChI is InChI=1S/C17H17BrClNO/c18-14-3-6-17-13(9-14)10-16(21-17)11-20-8-7-12-1-4-15(19)5-2-12/h1-6,9,16,20H,7-8,10-11H2. The molecule has 0 spiro atoms. The van der Waals surface area contributed by atoms with E-state index in [-0.39, 0.29) is 6.10 Å². The third-order valence-corrected chi connectivity index (χ3v) is 4.38. The van der Waals surface area contributed by atoms with E-state index in [1.807, 2.05) is 24.3 Å². The minimum absolute atomic E-state index is 0.236. The maximum absolute atomic E-state index is 5.93. The Balaban J connectivity index is 1.42. The lowest BCUT2D eigenvalue weighted by Gasteiger charge is -2.11. The summed E-state index contributed by atoms with van der Waals surface area (Å²) in [6.45, 7) is 1.82. The van der Waals surface area contributed by atoms with Crippen LogP contribution in [0.1, 0.15) is 11.1 Å². The molecule has 1 atom stereocenters. The summed E-state index contributed by atoms with van der Waals surface area (Å²) >= 11 is 9.38. The van der Waals surface area contributed by atoms with Gasteiger partial charge >= 0.3 is 0 Å². The number of benzene rings is 2. The number of fused-ring (bicyclic) bond motifs is 1. The lowest BCUT2D eigenvalue weighted by atomic mass is 10.1. The fraction of sp³-hybridized carbons (Fsp3) is 0.294. The van der Waals surface area contributed by atoms with E-state index in [0.717, 1.165) is 41.2 Å². The second kappa shape index (κ2) is 6.82. The van der Waals surface area contributed by atoms with E-state index in [4.69, 9.17) is 16.3 Å². The van der Waals surface area contributed by atoms with Crippen LogP contribution < -0.4 is 10.1 Å². The number of halogens is 2. The summed E-state index contributed by atoms with van der Waals surface area (Å²) in [5.41, 5.74) is 2.58. The molecule has 1 heterocycles. The number of rotatable bonds is 5. The third kappa shape index (κ3) is 4.00. The van der Waals surface area contributed by atoms with E-state index < -0.39 is 0 Å². The van der Waals surface area contributed by atoms with Crippen LogP contribution in [-0.4, -0.2) is 19.2 Å². The van der Waals surface area contributed by atoms with Gasteiger partial charge in [0.1, 0.15) is 11.9 Å². The Morgan fingerprint density at radius 3 is 2.81 bits per heavy atom. The molecule has 0 radical (unpaired) electrons. The molecule has 21 heavy (non-hydrogen) atoms. The minimum atomic E-state index is 0.236. The van der Waals surface area contributed by atoms with Crippen LogP contribution in [0.15, 0.2) is 46.9 Å². The van der Waals surface area contributed by atoms with E-state index in [9.17, 15) is 0 Å². The Bertz CT molecular complexity index is 615. The Morgan fingerprint density at radius 2 is 2.00 bits per heavy atom. The maximum atomic E-state index is 5.93. The van der Waals surface area contributed by atoms with Gasteiger partial charge < -0.3 is 10.1 Å². The molecule has 1 N–H and O–H groups in total. The summed E-state index contributed by atoms with van der Waals surface area (Å²) in [5.74, 6) is 1.02. The molecule has 0 saturated carbocycles. The van der Waals surface area contributed by atoms with Gasteiger partial charge in [0, 0.05) is 22.5 Å². The summed E-state index contributed by atoms with van der Waals surface area (Å²) in [6.07, 6.45) is 2.21. The first kappa shape index (κ1) is 14.9. The van der Waals surface area contributed by atoms with Gasteiger partial charge in [-0.05, 0) is 54.4 Å². The molecular weight excluding hydrogens is 350 g/mol. The SMILES string of the molecule is Clc1ccc(CCNCC2Cc3cc(Br)ccc3O2)cc1. The van der Waals surface area contributed by atoms with E-state index in [2.05, 4.69) is 39.4 Å². The predicted octanol–water partition coefficient (Wildman–Crippen LogP) is 4.24. The number of ether oxygens (including phenoxy) is 1. The third-order valence-electron chi connectivity index (χ3n) is 3.64. The van der Waals surface area contributed by atoms with Crippen LogP contribution in [0.2, 0.25) is 5.02 Å². The highest BCUT2D eigenvalue weighted by molar-refractivity contribution is 9.10. The number of hydrogen-bond donors (Lipinski definition) is 1. The summed E-state index contributed by atoms with van der Waals surface area (Å²) in [5, 5.41) is 4.26. The molecule has 4 heteroatoms. The second-order valence-electron chi connectivity index (χ2n) is 5.28. The molecule has 1 aliphatic rings. The fourth-order valence-corrected chi connectivity index (χ4v) is 3.08. The molecule has 0 bridgehead atoms. The summed E-state index contributed by atoms with van der Waals surface area (Å²) in [6, 6.07) is 14.2. The maximum Gasteiger partial charge on any atom is 0.123 e. The Morgan fingerprint density at radius 1 is 1.19 bits per heavy atom. The summed E-state index contributed by atoms with van der Waals surface area (Å²) in [7, 11) is 0. The van der Waals surface area contributed by atoms with E-state index >= 15 is 0 Å². The van der Waals surface area contributed by atoms with Gasteiger partial charge in [0.25, 0.3) is 0 Å². The van der Waals surface area contributed by atoms with E-state index in [1.54, 1.807) is 0 Å². The molecule has 0 amide bonds. The van der Waals surface area contributed by atoms with Crippen molar-refractivity contribution in [3.05, 3.63) is 63.1 Å². The number of nitrogens with one attached hydrogen (secondary N) is 1. The highest BCUT2D eigenvalue weighted by atomic mass is 79.9. The first-order valence-electron chi connectivity index (χ1n) is 7.11. The molecule has 0 saturated heterocycles. The van der Waals surface area contributed by atoms with Crippen molar-refractivity contribution in [1.29, 1.82) is 0 Å². The topological polar surface area (TPSA) is 21.3 Å². The number of hydrogen-bond acceptors (Lipinski definition) is 2. The van der Waals surface area contributed by atoms with E-state index in [0.29, 0.717) is 0 Å². The van der Waals surface area contributed by atoms with Crippen molar-refractivity contribution in [3.8, 4) is 5.75 Å². The Hall–Kier alpha value is -1.03. The van der Waals surface area contributed by atoms with Gasteiger partial charge in [0.05, 0.1) is 0 Å². The summed E-state index contributed by atoms with van der Waals surface area (Å²) < 4.78 is 7.04. The molecule has 2 aromatic rings. The van der Waals surface area contributed by atoms with Crippen molar-refractivity contribution >= 4 is 27.5 Å². The Labute approximate surface area is 138 Å². The highest BCUT2D eigenvalue weighted by Crippen LogP contribution is 2.30. The van der Waals surface area contributed by atoms with E-state index in [1.165, 1.54) is 11.1 Å². The molecule has 0 aromatic heterocycles. The fourth-order valence-electron chi connectivity index (χ4n) is 2.55. The van der Waals surface area contributed by atoms with Crippen molar-refractivity contribution in [3.63, 3.8) is 0 Å². The van der Waals surface area contributed by atoms with Crippen molar-refractivity contribution in [2.45, 2.75) is 18.9 Å². The van der Waals surface area contributed by atoms with Gasteiger partial charge in [-0.3, -0.25) is 0 Å². The zero-order valence-corrected chi connectivity index (χ0v) is 14.0. The largest absolute Gasteiger partial charge is 0.488 e. The van der Waals surface area contributed by atoms with Gasteiger partial charge in [0.2, 0.25) is 0 Å². The van der Waals surface area contributed by atoms with Crippen LogP contribution in [0.4, 0.5) is 0 Å². The first-order valence-corrected chi connectivity index (χ1v) is 8.28. The second-order valence-corrected chi connectivity index (χ2v) is 6.63. The zero-order chi connectivity index (χ0) is 14.7. The molecule has 3 rings (SSSR count). The van der Waals surface area contributed by atoms with Crippen molar-refractivity contribution in [2.24, 2.45) is 0 Å². The lowest BCUT2D eigenvalue weighted by Crippen LogP contribution is -2.31. The van der Waals surface area contributed by atoms with Crippen LogP contribution in [0.25, 0.3) is 0 Å². The van der Waals surface area contributed by atoms with Crippen LogP contribution in [-0.2, 0) is 12.8 Å². The average molecular weight is 367 g/mol. The normalized spacial score (nSPS) is 16.6. The van der Waals surface area contributed by atoms with Gasteiger partial charge in [-0.25, -0.2) is 0 Å². The quantitative estimate of drug-likeness (QED) is 0.799. The molecule has 110 valence electrons. The molecule has 1 aliphatic heterocycles. The molecule has 1 unspecified atom stereocenters. The molecular formula is C17H17BrClNO. The zero-order valence-electron chi connectivity index (χ0n) is 11.6. The molecule has 2 nitrogen and oxygen atoms in total. The predicted molar refractivity (Wildman–Crippen MR) is 90.3 cm³/mol. The molecule has 0 fully saturated rings. The van der Waals surface area contributed by atoms with Crippen molar-refractivity contribution < 1.29 is 4.74 Å². The smallest absolute Gasteiger partial charge is 0.123 e. The Kier molecular flexibility index (Phi) is 4.84. The van der Waals surface area contributed by atoms with Crippen LogP contribution in [0.5, 0.6) is 5.75 Å². The first-order chi connectivity index (χ1) is 10.2. The molecule has 2 aromatic carbocycles. The summed E-state index contributed by atoms with van der Waals surface area (Å²) in [4.78, 5) is 0. The van der Waals surface area contributed by atoms with Crippen molar-refractivity contribution in [1.82, 2.24) is 5.32 Å². The van der Waals surface area contributed by atoms with Crippen LogP contribution in [0, 0.1) is 0 Å². The highest BCUT2D eigenvalue weighted by Gasteiger charge is 2.22. The average Bonchev–Trinajstić information content (AvgIpc) is 2.87.